The van der Waals surface area contributed by atoms with Crippen molar-refractivity contribution in [3.63, 3.8) is 0 Å². The first-order valence-corrected chi connectivity index (χ1v) is 31.2. The molecule has 1 saturated heterocycles. The Morgan fingerprint density at radius 3 is 1.22 bits per heavy atom. The summed E-state index contributed by atoms with van der Waals surface area (Å²) in [5.41, 5.74) is 0. The summed E-state index contributed by atoms with van der Waals surface area (Å²) in [5, 5.41) is 31.6. The van der Waals surface area contributed by atoms with Crippen LogP contribution in [0, 0.1) is 0 Å². The highest BCUT2D eigenvalue weighted by molar-refractivity contribution is 5.74. The minimum Gasteiger partial charge on any atom is -0.479 e. The summed E-state index contributed by atoms with van der Waals surface area (Å²) in [5.74, 6) is -3.25. The number of aliphatic hydroxyl groups excluding tert-OH is 2. The van der Waals surface area contributed by atoms with Crippen LogP contribution in [0.15, 0.2) is 134 Å². The number of esters is 3. The second-order valence-electron chi connectivity index (χ2n) is 20.6. The van der Waals surface area contributed by atoms with Crippen LogP contribution in [0.25, 0.3) is 0 Å². The SMILES string of the molecule is CC/C=C\C/C=C\C/C=C\C/C=C\C/C=C\CCCC(=O)OCC(COC1OC(C(=O)O)C(O)C(O)C1OC(=O)CCCCCCCC/C=C\C/C=C\C/C=C\C/C=C\CC)OC(=O)CCCCCCC/C=C\C/C=C\CCCCC. The molecule has 0 aromatic rings. The quantitative estimate of drug-likeness (QED) is 0.0228. The van der Waals surface area contributed by atoms with Gasteiger partial charge in [0.2, 0.25) is 0 Å². The molecule has 0 bridgehead atoms. The van der Waals surface area contributed by atoms with Crippen LogP contribution >= 0.6 is 0 Å². The molecule has 0 aliphatic carbocycles. The van der Waals surface area contributed by atoms with Crippen molar-refractivity contribution in [3.05, 3.63) is 134 Å². The molecule has 0 saturated carbocycles. The molecule has 1 rings (SSSR count). The van der Waals surface area contributed by atoms with Crippen LogP contribution in [0.1, 0.15) is 226 Å². The van der Waals surface area contributed by atoms with Gasteiger partial charge in [0.1, 0.15) is 18.8 Å². The highest BCUT2D eigenvalue weighted by atomic mass is 16.7. The zero-order valence-corrected chi connectivity index (χ0v) is 50.2. The summed E-state index contributed by atoms with van der Waals surface area (Å²) >= 11 is 0. The Hall–Kier alpha value is -5.14. The Bertz CT molecular complexity index is 1920. The van der Waals surface area contributed by atoms with Crippen LogP contribution in [0.2, 0.25) is 0 Å². The van der Waals surface area contributed by atoms with Gasteiger partial charge in [-0.3, -0.25) is 14.4 Å². The average Bonchev–Trinajstić information content (AvgIpc) is 3.53. The van der Waals surface area contributed by atoms with Crippen LogP contribution in [0.5, 0.6) is 0 Å². The number of carboxylic acids is 1. The second kappa shape index (κ2) is 55.4. The van der Waals surface area contributed by atoms with Crippen LogP contribution in [-0.2, 0) is 42.9 Å². The molecule has 81 heavy (non-hydrogen) atoms. The van der Waals surface area contributed by atoms with Gasteiger partial charge >= 0.3 is 23.9 Å². The van der Waals surface area contributed by atoms with Crippen LogP contribution in [-0.4, -0.2) is 89.2 Å². The molecule has 0 amide bonds. The Kier molecular flexibility index (Phi) is 50.5. The van der Waals surface area contributed by atoms with Crippen LogP contribution < -0.4 is 0 Å². The predicted octanol–water partition coefficient (Wildman–Crippen LogP) is 16.6. The van der Waals surface area contributed by atoms with Gasteiger partial charge in [-0.1, -0.05) is 212 Å². The molecule has 0 aromatic heterocycles. The number of carbonyl (C=O) groups excluding carboxylic acids is 3. The van der Waals surface area contributed by atoms with Gasteiger partial charge in [0.15, 0.2) is 24.6 Å². The fourth-order valence-corrected chi connectivity index (χ4v) is 8.48. The molecule has 12 nitrogen and oxygen atoms in total. The fourth-order valence-electron chi connectivity index (χ4n) is 8.48. The minimum atomic E-state index is -1.93. The van der Waals surface area contributed by atoms with Crippen molar-refractivity contribution >= 4 is 23.9 Å². The molecule has 0 radical (unpaired) electrons. The molecule has 1 fully saturated rings. The van der Waals surface area contributed by atoms with Crippen molar-refractivity contribution in [2.24, 2.45) is 0 Å². The fraction of sp³-hybridized carbons (Fsp3) is 0.623. The predicted molar refractivity (Wildman–Crippen MR) is 330 cm³/mol. The molecule has 0 aromatic carbocycles. The number of rotatable bonds is 51. The van der Waals surface area contributed by atoms with Crippen molar-refractivity contribution in [1.82, 2.24) is 0 Å². The van der Waals surface area contributed by atoms with Gasteiger partial charge in [-0.05, 0) is 128 Å². The van der Waals surface area contributed by atoms with E-state index in [1.807, 2.05) is 6.08 Å². The first kappa shape index (κ1) is 73.9. The monoisotopic (exact) mass is 1130 g/mol. The maximum Gasteiger partial charge on any atom is 0.335 e. The van der Waals surface area contributed by atoms with Gasteiger partial charge in [0.05, 0.1) is 6.61 Å². The summed E-state index contributed by atoms with van der Waals surface area (Å²) in [6.07, 6.45) is 65.5. The Morgan fingerprint density at radius 2 is 0.790 bits per heavy atom. The molecule has 6 atom stereocenters. The first-order valence-electron chi connectivity index (χ1n) is 31.2. The molecular formula is C69H108O12. The molecule has 6 unspecified atom stereocenters. The van der Waals surface area contributed by atoms with Gasteiger partial charge < -0.3 is 39.0 Å². The maximum absolute atomic E-state index is 13.2. The third-order valence-corrected chi connectivity index (χ3v) is 13.2. The number of aliphatic hydroxyl groups is 2. The van der Waals surface area contributed by atoms with Gasteiger partial charge in [-0.15, -0.1) is 0 Å². The van der Waals surface area contributed by atoms with Gasteiger partial charge in [0, 0.05) is 19.3 Å². The van der Waals surface area contributed by atoms with Gasteiger partial charge in [0.25, 0.3) is 0 Å². The number of hydrogen-bond donors (Lipinski definition) is 3. The molecule has 1 heterocycles. The minimum absolute atomic E-state index is 0.0296. The van der Waals surface area contributed by atoms with Crippen molar-refractivity contribution in [3.8, 4) is 0 Å². The third-order valence-electron chi connectivity index (χ3n) is 13.2. The van der Waals surface area contributed by atoms with Crippen LogP contribution in [0.3, 0.4) is 0 Å². The van der Waals surface area contributed by atoms with E-state index >= 15 is 0 Å². The highest BCUT2D eigenvalue weighted by Gasteiger charge is 2.50. The zero-order chi connectivity index (χ0) is 58.9. The summed E-state index contributed by atoms with van der Waals surface area (Å²) in [7, 11) is 0. The Morgan fingerprint density at radius 1 is 0.420 bits per heavy atom. The molecule has 456 valence electrons. The first-order chi connectivity index (χ1) is 39.6. The summed E-state index contributed by atoms with van der Waals surface area (Å²) in [6, 6.07) is 0. The van der Waals surface area contributed by atoms with E-state index in [9.17, 15) is 34.5 Å². The summed E-state index contributed by atoms with van der Waals surface area (Å²) in [4.78, 5) is 51.3. The lowest BCUT2D eigenvalue weighted by molar-refractivity contribution is -0.301. The van der Waals surface area contributed by atoms with E-state index in [1.54, 1.807) is 0 Å². The lowest BCUT2D eigenvalue weighted by Crippen LogP contribution is -2.61. The standard InChI is InChI=1S/C69H108O12/c1-4-7-10-13-16-19-22-25-28-30-31-33-36-39-42-45-48-51-54-57-63(72)80-67-65(74)64(73)66(68(75)76)81-69(67)78-59-60(79-62(71)56-53-50-47-44-41-38-34-27-24-21-18-15-12-9-6-3)58-77-61(70)55-52-49-46-43-40-37-35-32-29-26-23-20-17-14-11-8-5-2/h7-8,10-11,16-21,25-29,31,33-35,37,43,46,60,64-67,69,73-74H,4-6,9,12-15,22-24,30,32,36,38-42,44-45,47-59H2,1-3H3,(H,75,76)/b10-7-,11-8-,19-16-,20-17-,21-18-,28-25-,29-26-,33-31-,34-27-,37-35-,46-43-. The lowest BCUT2D eigenvalue weighted by Gasteiger charge is -2.40. The number of aliphatic carboxylic acids is 1. The van der Waals surface area contributed by atoms with E-state index in [2.05, 4.69) is 148 Å². The van der Waals surface area contributed by atoms with E-state index in [1.165, 1.54) is 19.3 Å². The molecule has 1 aliphatic rings. The van der Waals surface area contributed by atoms with Crippen molar-refractivity contribution < 1.29 is 58.2 Å². The lowest BCUT2D eigenvalue weighted by atomic mass is 9.98. The average molecular weight is 1130 g/mol. The van der Waals surface area contributed by atoms with Crippen LogP contribution in [0.4, 0.5) is 0 Å². The number of allylic oxidation sites excluding steroid dienone is 22. The van der Waals surface area contributed by atoms with Crippen molar-refractivity contribution in [2.75, 3.05) is 13.2 Å². The third kappa shape index (κ3) is 45.1. The Labute approximate surface area is 490 Å². The Balaban J connectivity index is 2.73. The highest BCUT2D eigenvalue weighted by Crippen LogP contribution is 2.26. The number of ether oxygens (including phenoxy) is 5. The second-order valence-corrected chi connectivity index (χ2v) is 20.6. The molecule has 1 aliphatic heterocycles. The number of unbranched alkanes of at least 4 members (excludes halogenated alkanes) is 15. The van der Waals surface area contributed by atoms with Gasteiger partial charge in [-0.25, -0.2) is 4.79 Å². The number of hydrogen-bond acceptors (Lipinski definition) is 11. The zero-order valence-electron chi connectivity index (χ0n) is 50.2. The smallest absolute Gasteiger partial charge is 0.335 e. The number of carbonyl (C=O) groups is 4. The molecule has 3 N–H and O–H groups in total. The topological polar surface area (TPSA) is 175 Å². The summed E-state index contributed by atoms with van der Waals surface area (Å²) in [6.45, 7) is 5.67. The molecular weight excluding hydrogens is 1020 g/mol. The summed E-state index contributed by atoms with van der Waals surface area (Å²) < 4.78 is 28.4. The normalized spacial score (nSPS) is 18.7. The van der Waals surface area contributed by atoms with Crippen molar-refractivity contribution in [2.45, 2.75) is 263 Å². The van der Waals surface area contributed by atoms with E-state index in [4.69, 9.17) is 23.7 Å². The van der Waals surface area contributed by atoms with E-state index in [0.717, 1.165) is 141 Å². The number of carboxylic acid groups (broad SMARTS) is 1. The van der Waals surface area contributed by atoms with E-state index in [0.29, 0.717) is 25.7 Å². The molecule has 0 spiro atoms. The molecule has 12 heteroatoms. The maximum atomic E-state index is 13.2. The van der Waals surface area contributed by atoms with E-state index < -0.39 is 67.3 Å². The van der Waals surface area contributed by atoms with Gasteiger partial charge in [-0.2, -0.15) is 0 Å². The van der Waals surface area contributed by atoms with E-state index in [-0.39, 0.29) is 25.9 Å². The van der Waals surface area contributed by atoms with Crippen molar-refractivity contribution in [1.29, 1.82) is 0 Å². The largest absolute Gasteiger partial charge is 0.479 e.